The van der Waals surface area contributed by atoms with E-state index in [0.29, 0.717) is 17.9 Å². The third-order valence-electron chi connectivity index (χ3n) is 3.14. The summed E-state index contributed by atoms with van der Waals surface area (Å²) in [5.74, 6) is 2.22. The average molecular weight is 218 g/mol. The Morgan fingerprint density at radius 3 is 2.25 bits per heavy atom. The standard InChI is InChI=1S/C15H22O/c1-10(2)12-5-8-14(11(3)4)15(9-12)16-13-6-7-13/h5,8-11,13H,6-7H2,1-4H3. The predicted molar refractivity (Wildman–Crippen MR) is 68.3 cm³/mol. The zero-order chi connectivity index (χ0) is 11.7. The molecule has 16 heavy (non-hydrogen) atoms. The van der Waals surface area contributed by atoms with Crippen LogP contribution in [0.1, 0.15) is 63.5 Å². The molecule has 1 heteroatoms. The van der Waals surface area contributed by atoms with Gasteiger partial charge in [-0.15, -0.1) is 0 Å². The lowest BCUT2D eigenvalue weighted by atomic mass is 9.96. The molecule has 0 spiro atoms. The van der Waals surface area contributed by atoms with E-state index in [1.807, 2.05) is 0 Å². The molecule has 0 saturated heterocycles. The van der Waals surface area contributed by atoms with E-state index in [4.69, 9.17) is 4.74 Å². The van der Waals surface area contributed by atoms with Crippen molar-refractivity contribution in [2.24, 2.45) is 0 Å². The summed E-state index contributed by atoms with van der Waals surface area (Å²) >= 11 is 0. The SMILES string of the molecule is CC(C)c1ccc(C(C)C)c(OC2CC2)c1. The molecule has 0 aliphatic heterocycles. The largest absolute Gasteiger partial charge is 0.490 e. The van der Waals surface area contributed by atoms with E-state index in [0.717, 1.165) is 5.75 Å². The van der Waals surface area contributed by atoms with Crippen LogP contribution >= 0.6 is 0 Å². The maximum Gasteiger partial charge on any atom is 0.123 e. The third kappa shape index (κ3) is 2.58. The topological polar surface area (TPSA) is 9.23 Å². The monoisotopic (exact) mass is 218 g/mol. The number of rotatable bonds is 4. The van der Waals surface area contributed by atoms with Crippen LogP contribution in [-0.2, 0) is 0 Å². The molecule has 0 atom stereocenters. The van der Waals surface area contributed by atoms with Crippen molar-refractivity contribution >= 4 is 0 Å². The zero-order valence-corrected chi connectivity index (χ0v) is 10.8. The van der Waals surface area contributed by atoms with Gasteiger partial charge in [0, 0.05) is 0 Å². The second-order valence-electron chi connectivity index (χ2n) is 5.42. The van der Waals surface area contributed by atoms with Crippen LogP contribution in [0.25, 0.3) is 0 Å². The van der Waals surface area contributed by atoms with Crippen molar-refractivity contribution in [3.63, 3.8) is 0 Å². The minimum atomic E-state index is 0.486. The Kier molecular flexibility index (Phi) is 3.22. The molecule has 1 fully saturated rings. The minimum absolute atomic E-state index is 0.486. The van der Waals surface area contributed by atoms with Crippen LogP contribution in [0.15, 0.2) is 18.2 Å². The summed E-state index contributed by atoms with van der Waals surface area (Å²) in [5, 5.41) is 0. The van der Waals surface area contributed by atoms with Crippen molar-refractivity contribution in [1.82, 2.24) is 0 Å². The van der Waals surface area contributed by atoms with Crippen molar-refractivity contribution in [2.75, 3.05) is 0 Å². The summed E-state index contributed by atoms with van der Waals surface area (Å²) < 4.78 is 6.01. The van der Waals surface area contributed by atoms with Gasteiger partial charge in [-0.1, -0.05) is 39.8 Å². The van der Waals surface area contributed by atoms with Crippen molar-refractivity contribution in [3.8, 4) is 5.75 Å². The van der Waals surface area contributed by atoms with Gasteiger partial charge in [-0.2, -0.15) is 0 Å². The first-order chi connectivity index (χ1) is 7.58. The van der Waals surface area contributed by atoms with Gasteiger partial charge in [-0.3, -0.25) is 0 Å². The lowest BCUT2D eigenvalue weighted by molar-refractivity contribution is 0.298. The molecule has 0 amide bonds. The Hall–Kier alpha value is -0.980. The van der Waals surface area contributed by atoms with Crippen molar-refractivity contribution in [2.45, 2.75) is 58.5 Å². The summed E-state index contributed by atoms with van der Waals surface area (Å²) in [5.41, 5.74) is 2.72. The van der Waals surface area contributed by atoms with Gasteiger partial charge in [0.05, 0.1) is 6.10 Å². The maximum atomic E-state index is 6.01. The van der Waals surface area contributed by atoms with Crippen LogP contribution in [0.3, 0.4) is 0 Å². The first-order valence-corrected chi connectivity index (χ1v) is 6.38. The Morgan fingerprint density at radius 2 is 1.75 bits per heavy atom. The first-order valence-electron chi connectivity index (χ1n) is 6.38. The lowest BCUT2D eigenvalue weighted by Crippen LogP contribution is -2.02. The zero-order valence-electron chi connectivity index (χ0n) is 10.8. The average Bonchev–Trinajstić information content (AvgIpc) is 3.01. The van der Waals surface area contributed by atoms with Gasteiger partial charge < -0.3 is 4.74 Å². The van der Waals surface area contributed by atoms with E-state index in [2.05, 4.69) is 45.9 Å². The molecule has 1 saturated carbocycles. The highest BCUT2D eigenvalue weighted by atomic mass is 16.5. The molecule has 1 aliphatic carbocycles. The molecule has 1 aliphatic rings. The van der Waals surface area contributed by atoms with Crippen molar-refractivity contribution < 1.29 is 4.74 Å². The molecular formula is C15H22O. The molecule has 88 valence electrons. The van der Waals surface area contributed by atoms with Crippen molar-refractivity contribution in [3.05, 3.63) is 29.3 Å². The molecule has 0 bridgehead atoms. The molecule has 0 heterocycles. The predicted octanol–water partition coefficient (Wildman–Crippen LogP) is 4.47. The third-order valence-corrected chi connectivity index (χ3v) is 3.14. The molecule has 0 aromatic heterocycles. The van der Waals surface area contributed by atoms with E-state index in [1.165, 1.54) is 24.0 Å². The van der Waals surface area contributed by atoms with E-state index < -0.39 is 0 Å². The normalized spacial score (nSPS) is 15.9. The number of hydrogen-bond acceptors (Lipinski definition) is 1. The maximum absolute atomic E-state index is 6.01. The fraction of sp³-hybridized carbons (Fsp3) is 0.600. The Labute approximate surface area is 98.8 Å². The summed E-state index contributed by atoms with van der Waals surface area (Å²) in [7, 11) is 0. The molecule has 1 aromatic carbocycles. The molecule has 1 nitrogen and oxygen atoms in total. The van der Waals surface area contributed by atoms with E-state index in [9.17, 15) is 0 Å². The molecule has 0 unspecified atom stereocenters. The van der Waals surface area contributed by atoms with Gasteiger partial charge >= 0.3 is 0 Å². The minimum Gasteiger partial charge on any atom is -0.490 e. The lowest BCUT2D eigenvalue weighted by Gasteiger charge is -2.16. The van der Waals surface area contributed by atoms with Crippen LogP contribution < -0.4 is 4.74 Å². The van der Waals surface area contributed by atoms with Gasteiger partial charge in [0.1, 0.15) is 5.75 Å². The van der Waals surface area contributed by atoms with Crippen LogP contribution in [-0.4, -0.2) is 6.10 Å². The van der Waals surface area contributed by atoms with Gasteiger partial charge in [-0.25, -0.2) is 0 Å². The van der Waals surface area contributed by atoms with Crippen molar-refractivity contribution in [1.29, 1.82) is 0 Å². The summed E-state index contributed by atoms with van der Waals surface area (Å²) in [4.78, 5) is 0. The van der Waals surface area contributed by atoms with E-state index >= 15 is 0 Å². The van der Waals surface area contributed by atoms with E-state index in [1.54, 1.807) is 0 Å². The number of ether oxygens (including phenoxy) is 1. The molecular weight excluding hydrogens is 196 g/mol. The Balaban J connectivity index is 2.29. The van der Waals surface area contributed by atoms with Crippen LogP contribution in [0.4, 0.5) is 0 Å². The summed E-state index contributed by atoms with van der Waals surface area (Å²) in [6.07, 6.45) is 2.94. The molecule has 1 aromatic rings. The second kappa shape index (κ2) is 4.48. The van der Waals surface area contributed by atoms with Crippen LogP contribution in [0, 0.1) is 0 Å². The van der Waals surface area contributed by atoms with E-state index in [-0.39, 0.29) is 0 Å². The highest BCUT2D eigenvalue weighted by Gasteiger charge is 2.25. The number of hydrogen-bond donors (Lipinski definition) is 0. The van der Waals surface area contributed by atoms with Gasteiger partial charge in [0.25, 0.3) is 0 Å². The summed E-state index contributed by atoms with van der Waals surface area (Å²) in [6.45, 7) is 8.91. The molecule has 0 radical (unpaired) electrons. The highest BCUT2D eigenvalue weighted by Crippen LogP contribution is 2.34. The Morgan fingerprint density at radius 1 is 1.06 bits per heavy atom. The number of benzene rings is 1. The smallest absolute Gasteiger partial charge is 0.123 e. The fourth-order valence-corrected chi connectivity index (χ4v) is 1.85. The summed E-state index contributed by atoms with van der Waals surface area (Å²) in [6, 6.07) is 6.70. The van der Waals surface area contributed by atoms with Gasteiger partial charge in [-0.05, 0) is 41.9 Å². The second-order valence-corrected chi connectivity index (χ2v) is 5.42. The van der Waals surface area contributed by atoms with Crippen LogP contribution in [0.2, 0.25) is 0 Å². The van der Waals surface area contributed by atoms with Crippen LogP contribution in [0.5, 0.6) is 5.75 Å². The molecule has 2 rings (SSSR count). The highest BCUT2D eigenvalue weighted by molar-refractivity contribution is 5.40. The van der Waals surface area contributed by atoms with Gasteiger partial charge in [0.15, 0.2) is 0 Å². The molecule has 0 N–H and O–H groups in total. The Bertz CT molecular complexity index is 362. The fourth-order valence-electron chi connectivity index (χ4n) is 1.85. The first kappa shape index (κ1) is 11.5. The van der Waals surface area contributed by atoms with Gasteiger partial charge in [0.2, 0.25) is 0 Å². The quantitative estimate of drug-likeness (QED) is 0.724.